The van der Waals surface area contributed by atoms with Gasteiger partial charge in [0.15, 0.2) is 0 Å². The number of rotatable bonds is 5. The maximum Gasteiger partial charge on any atom is 0.229 e. The van der Waals surface area contributed by atoms with Crippen molar-refractivity contribution in [1.29, 1.82) is 0 Å². The highest BCUT2D eigenvalue weighted by Gasteiger charge is 2.48. The number of hydrogen-bond donors (Lipinski definition) is 5. The molecule has 5 fully saturated rings. The summed E-state index contributed by atoms with van der Waals surface area (Å²) in [4.78, 5) is 17.7. The number of hydrazine groups is 1. The fraction of sp³-hybridized carbons (Fsp3) is 0.952. The number of fused-ring (bicyclic) bond motifs is 1. The molecule has 7 atom stereocenters. The van der Waals surface area contributed by atoms with Crippen LogP contribution in [0.1, 0.15) is 12.8 Å². The van der Waals surface area contributed by atoms with Crippen LogP contribution >= 0.6 is 0 Å². The second kappa shape index (κ2) is 9.94. The highest BCUT2D eigenvalue weighted by molar-refractivity contribution is 5.81. The Balaban J connectivity index is 1.18. The Kier molecular flexibility index (Phi) is 7.15. The maximum absolute atomic E-state index is 15.1. The molecule has 6 N–H and O–H groups in total. The van der Waals surface area contributed by atoms with Gasteiger partial charge in [0, 0.05) is 52.4 Å². The number of ether oxygens (including phenoxy) is 1. The third-order valence-electron chi connectivity index (χ3n) is 7.75. The fourth-order valence-electron chi connectivity index (χ4n) is 6.06. The topological polar surface area (TPSA) is 110 Å². The number of nitrogens with zero attached hydrogens (tertiary/aromatic N) is 3. The molecule has 188 valence electrons. The van der Waals surface area contributed by atoms with E-state index in [1.54, 1.807) is 5.01 Å². The van der Waals surface area contributed by atoms with Gasteiger partial charge < -0.3 is 26.0 Å². The van der Waals surface area contributed by atoms with E-state index in [1.807, 2.05) is 0 Å². The van der Waals surface area contributed by atoms with Gasteiger partial charge in [-0.15, -0.1) is 0 Å². The lowest BCUT2D eigenvalue weighted by Crippen LogP contribution is -2.67. The highest BCUT2D eigenvalue weighted by Crippen LogP contribution is 2.26. The number of nitrogens with one attached hydrogen (secondary N) is 4. The molecule has 0 bridgehead atoms. The van der Waals surface area contributed by atoms with Crippen molar-refractivity contribution in [3.63, 3.8) is 0 Å². The molecular weight excluding hydrogens is 434 g/mol. The number of halogens is 2. The van der Waals surface area contributed by atoms with Crippen LogP contribution in [0, 0.1) is 5.92 Å². The quantitative estimate of drug-likeness (QED) is 0.298. The van der Waals surface area contributed by atoms with E-state index in [0.717, 1.165) is 39.0 Å². The highest BCUT2D eigenvalue weighted by atomic mass is 19.1. The SMILES string of the molecule is CN1CC(OC2CCN(C3C(F)CNCC3NC(=O)C3C(N)NN4CC(F)CNC34)CC2)C1. The van der Waals surface area contributed by atoms with Gasteiger partial charge in [-0.2, -0.15) is 0 Å². The third-order valence-corrected chi connectivity index (χ3v) is 7.75. The van der Waals surface area contributed by atoms with Gasteiger partial charge in [0.25, 0.3) is 0 Å². The van der Waals surface area contributed by atoms with E-state index in [4.69, 9.17) is 10.5 Å². The Morgan fingerprint density at radius 3 is 2.58 bits per heavy atom. The maximum atomic E-state index is 15.1. The molecule has 0 spiro atoms. The number of carbonyl (C=O) groups is 1. The van der Waals surface area contributed by atoms with Crippen LogP contribution in [-0.2, 0) is 9.53 Å². The summed E-state index contributed by atoms with van der Waals surface area (Å²) >= 11 is 0. The van der Waals surface area contributed by atoms with Crippen LogP contribution in [0.25, 0.3) is 0 Å². The van der Waals surface area contributed by atoms with Crippen LogP contribution in [0.5, 0.6) is 0 Å². The summed E-state index contributed by atoms with van der Waals surface area (Å²) in [6, 6.07) is -0.750. The van der Waals surface area contributed by atoms with Crippen molar-refractivity contribution in [2.45, 2.75) is 61.8 Å². The van der Waals surface area contributed by atoms with Crippen LogP contribution < -0.4 is 27.1 Å². The summed E-state index contributed by atoms with van der Waals surface area (Å²) in [5.41, 5.74) is 9.18. The van der Waals surface area contributed by atoms with E-state index in [9.17, 15) is 9.18 Å². The Bertz CT molecular complexity index is 693. The van der Waals surface area contributed by atoms with Crippen LogP contribution in [0.4, 0.5) is 8.78 Å². The normalized spacial score (nSPS) is 42.1. The van der Waals surface area contributed by atoms with Crippen molar-refractivity contribution in [3.8, 4) is 0 Å². The zero-order chi connectivity index (χ0) is 23.1. The zero-order valence-corrected chi connectivity index (χ0v) is 19.3. The summed E-state index contributed by atoms with van der Waals surface area (Å²) in [5, 5.41) is 10.9. The lowest BCUT2D eigenvalue weighted by molar-refractivity contribution is -0.129. The average Bonchev–Trinajstić information content (AvgIpc) is 3.08. The number of likely N-dealkylation sites (tertiary alicyclic amines) is 2. The number of alkyl halides is 2. The summed E-state index contributed by atoms with van der Waals surface area (Å²) < 4.78 is 35.0. The van der Waals surface area contributed by atoms with Crippen molar-refractivity contribution in [2.75, 3.05) is 59.4 Å². The zero-order valence-electron chi connectivity index (χ0n) is 19.3. The van der Waals surface area contributed by atoms with Crippen molar-refractivity contribution >= 4 is 5.91 Å². The first kappa shape index (κ1) is 23.7. The van der Waals surface area contributed by atoms with Gasteiger partial charge in [-0.3, -0.25) is 15.0 Å². The summed E-state index contributed by atoms with van der Waals surface area (Å²) in [6.07, 6.45) is -0.799. The largest absolute Gasteiger partial charge is 0.372 e. The predicted octanol–water partition coefficient (Wildman–Crippen LogP) is -2.44. The van der Waals surface area contributed by atoms with Crippen LogP contribution in [0.2, 0.25) is 0 Å². The van der Waals surface area contributed by atoms with Gasteiger partial charge in [0.1, 0.15) is 12.3 Å². The molecule has 5 heterocycles. The second-order valence-electron chi connectivity index (χ2n) is 10.3. The molecule has 7 unspecified atom stereocenters. The summed E-state index contributed by atoms with van der Waals surface area (Å²) in [7, 11) is 2.09. The molecule has 10 nitrogen and oxygen atoms in total. The number of carbonyl (C=O) groups excluding carboxylic acids is 1. The van der Waals surface area contributed by atoms with Crippen LogP contribution in [-0.4, -0.2) is 129 Å². The second-order valence-corrected chi connectivity index (χ2v) is 10.3. The molecule has 0 aromatic heterocycles. The lowest BCUT2D eigenvalue weighted by atomic mass is 9.93. The number of piperidine rings is 2. The Morgan fingerprint density at radius 1 is 1.09 bits per heavy atom. The van der Waals surface area contributed by atoms with Gasteiger partial charge in [-0.25, -0.2) is 19.2 Å². The first-order chi connectivity index (χ1) is 15.9. The van der Waals surface area contributed by atoms with E-state index in [2.05, 4.69) is 38.2 Å². The Labute approximate surface area is 193 Å². The van der Waals surface area contributed by atoms with Crippen molar-refractivity contribution in [2.24, 2.45) is 11.7 Å². The molecule has 0 aromatic rings. The van der Waals surface area contributed by atoms with Gasteiger partial charge in [0.2, 0.25) is 5.91 Å². The molecule has 5 aliphatic rings. The molecular formula is C21H38F2N8O2. The van der Waals surface area contributed by atoms with Crippen LogP contribution in [0.15, 0.2) is 0 Å². The van der Waals surface area contributed by atoms with E-state index in [1.165, 1.54) is 0 Å². The number of nitrogens with two attached hydrogens (primary N) is 1. The van der Waals surface area contributed by atoms with Gasteiger partial charge in [-0.1, -0.05) is 0 Å². The molecule has 0 aliphatic carbocycles. The average molecular weight is 473 g/mol. The summed E-state index contributed by atoms with van der Waals surface area (Å²) in [5.74, 6) is -0.816. The molecule has 5 rings (SSSR count). The minimum atomic E-state index is -1.08. The summed E-state index contributed by atoms with van der Waals surface area (Å²) in [6.45, 7) is 4.63. The van der Waals surface area contributed by atoms with Gasteiger partial charge in [0.05, 0.1) is 42.5 Å². The standard InChI is InChI=1S/C21H38F2N8O2/c1-29-10-14(11-29)33-13-2-4-30(5-3-13)18-15(23)7-25-8-16(18)27-21(32)17-19(24)28-31-9-12(22)6-26-20(17)31/h12-20,25-26,28H,2-11,24H2,1H3,(H,27,32). The first-order valence-electron chi connectivity index (χ1n) is 12.3. The van der Waals surface area contributed by atoms with E-state index in [-0.39, 0.29) is 49.9 Å². The monoisotopic (exact) mass is 472 g/mol. The molecule has 0 saturated carbocycles. The van der Waals surface area contributed by atoms with Crippen molar-refractivity contribution in [1.82, 2.24) is 36.2 Å². The third kappa shape index (κ3) is 5.03. The molecule has 33 heavy (non-hydrogen) atoms. The van der Waals surface area contributed by atoms with E-state index >= 15 is 4.39 Å². The van der Waals surface area contributed by atoms with Gasteiger partial charge in [-0.05, 0) is 19.9 Å². The minimum absolute atomic E-state index is 0.184. The van der Waals surface area contributed by atoms with E-state index < -0.39 is 24.4 Å². The van der Waals surface area contributed by atoms with Crippen molar-refractivity contribution < 1.29 is 18.3 Å². The molecule has 1 amide bonds. The first-order valence-corrected chi connectivity index (χ1v) is 12.3. The van der Waals surface area contributed by atoms with Crippen LogP contribution in [0.3, 0.4) is 0 Å². The molecule has 0 aromatic carbocycles. The molecule has 12 heteroatoms. The Morgan fingerprint density at radius 2 is 1.85 bits per heavy atom. The fourth-order valence-corrected chi connectivity index (χ4v) is 6.06. The number of amides is 1. The lowest BCUT2D eigenvalue weighted by Gasteiger charge is -2.46. The van der Waals surface area contributed by atoms with E-state index in [0.29, 0.717) is 12.6 Å². The minimum Gasteiger partial charge on any atom is -0.372 e. The Hall–Kier alpha value is -0.990. The predicted molar refractivity (Wildman–Crippen MR) is 118 cm³/mol. The number of hydrogen-bond acceptors (Lipinski definition) is 9. The molecule has 5 aliphatic heterocycles. The van der Waals surface area contributed by atoms with Gasteiger partial charge >= 0.3 is 0 Å². The van der Waals surface area contributed by atoms with Crippen molar-refractivity contribution in [3.05, 3.63) is 0 Å². The smallest absolute Gasteiger partial charge is 0.229 e. The molecule has 0 radical (unpaired) electrons. The number of likely N-dealkylation sites (N-methyl/N-ethyl adjacent to an activating group) is 1. The molecule has 5 saturated heterocycles.